The number of nitrogens with zero attached hydrogens (tertiary/aromatic N) is 1. The number of carbonyl (C=O) groups is 2. The summed E-state index contributed by atoms with van der Waals surface area (Å²) in [4.78, 5) is 27.1. The van der Waals surface area contributed by atoms with Gasteiger partial charge in [-0.15, -0.1) is 0 Å². The highest BCUT2D eigenvalue weighted by Crippen LogP contribution is 2.28. The highest BCUT2D eigenvalue weighted by Gasteiger charge is 2.42. The molecule has 0 aromatic heterocycles. The lowest BCUT2D eigenvalue weighted by Gasteiger charge is -2.38. The van der Waals surface area contributed by atoms with Gasteiger partial charge < -0.3 is 19.5 Å². The second-order valence-electron chi connectivity index (χ2n) is 11.4. The first-order chi connectivity index (χ1) is 15.2. The first-order valence-electron chi connectivity index (χ1n) is 11.8. The van der Waals surface area contributed by atoms with Gasteiger partial charge in [0.15, 0.2) is 0 Å². The third kappa shape index (κ3) is 9.33. The molecule has 1 aromatic carbocycles. The average Bonchev–Trinajstić information content (AvgIpc) is 3.10. The van der Waals surface area contributed by atoms with Gasteiger partial charge in [-0.2, -0.15) is 0 Å². The van der Waals surface area contributed by atoms with E-state index in [0.29, 0.717) is 13.0 Å². The van der Waals surface area contributed by atoms with Gasteiger partial charge >= 0.3 is 12.2 Å². The number of hydrogen-bond donors (Lipinski definition) is 1. The summed E-state index contributed by atoms with van der Waals surface area (Å²) in [5, 5.41) is 3.51. The molecule has 1 saturated heterocycles. The SMILES string of the molecule is CC(C)(C)OC(=O)N(C(=O)OC(C)(C)C)C(C)(C)CC[C@@H]1C[C@@H](OCc2ccccc2)CN1. The van der Waals surface area contributed by atoms with Gasteiger partial charge in [0.25, 0.3) is 0 Å². The molecule has 0 saturated carbocycles. The third-order valence-corrected chi connectivity index (χ3v) is 5.37. The Morgan fingerprint density at radius 1 is 0.939 bits per heavy atom. The molecule has 0 radical (unpaired) electrons. The van der Waals surface area contributed by atoms with Crippen LogP contribution in [0.5, 0.6) is 0 Å². The Labute approximate surface area is 199 Å². The predicted molar refractivity (Wildman–Crippen MR) is 129 cm³/mol. The molecule has 1 aliphatic heterocycles. The molecule has 33 heavy (non-hydrogen) atoms. The van der Waals surface area contributed by atoms with Crippen LogP contribution in [0.2, 0.25) is 0 Å². The predicted octanol–water partition coefficient (Wildman–Crippen LogP) is 5.66. The van der Waals surface area contributed by atoms with Crippen molar-refractivity contribution in [1.82, 2.24) is 10.2 Å². The van der Waals surface area contributed by atoms with Crippen LogP contribution in [0.3, 0.4) is 0 Å². The molecular weight excluding hydrogens is 420 g/mol. The minimum Gasteiger partial charge on any atom is -0.443 e. The maximum absolute atomic E-state index is 13.0. The van der Waals surface area contributed by atoms with Crippen LogP contribution < -0.4 is 5.32 Å². The Kier molecular flexibility index (Phi) is 8.94. The van der Waals surface area contributed by atoms with Crippen LogP contribution >= 0.6 is 0 Å². The maximum Gasteiger partial charge on any atom is 0.420 e. The van der Waals surface area contributed by atoms with Crippen molar-refractivity contribution in [3.8, 4) is 0 Å². The van der Waals surface area contributed by atoms with E-state index in [1.165, 1.54) is 0 Å². The van der Waals surface area contributed by atoms with E-state index in [4.69, 9.17) is 14.2 Å². The molecule has 2 rings (SSSR count). The van der Waals surface area contributed by atoms with E-state index in [9.17, 15) is 9.59 Å². The quantitative estimate of drug-likeness (QED) is 0.563. The molecule has 1 heterocycles. The fraction of sp³-hybridized carbons (Fsp3) is 0.692. The average molecular weight is 463 g/mol. The molecule has 7 nitrogen and oxygen atoms in total. The van der Waals surface area contributed by atoms with E-state index >= 15 is 0 Å². The van der Waals surface area contributed by atoms with Gasteiger partial charge in [0.05, 0.1) is 18.2 Å². The monoisotopic (exact) mass is 462 g/mol. The van der Waals surface area contributed by atoms with Crippen molar-refractivity contribution in [3.05, 3.63) is 35.9 Å². The van der Waals surface area contributed by atoms with Crippen LogP contribution in [0.1, 0.15) is 80.2 Å². The number of ether oxygens (including phenoxy) is 3. The first kappa shape index (κ1) is 27.1. The van der Waals surface area contributed by atoms with Crippen molar-refractivity contribution in [2.45, 2.75) is 110 Å². The zero-order valence-electron chi connectivity index (χ0n) is 21.6. The number of hydrogen-bond acceptors (Lipinski definition) is 6. The summed E-state index contributed by atoms with van der Waals surface area (Å²) in [5.74, 6) is 0. The van der Waals surface area contributed by atoms with Crippen molar-refractivity contribution in [1.29, 1.82) is 0 Å². The third-order valence-electron chi connectivity index (χ3n) is 5.37. The Hall–Kier alpha value is -2.12. The first-order valence-corrected chi connectivity index (χ1v) is 11.8. The minimum atomic E-state index is -0.782. The smallest absolute Gasteiger partial charge is 0.420 e. The Morgan fingerprint density at radius 2 is 1.48 bits per heavy atom. The largest absolute Gasteiger partial charge is 0.443 e. The van der Waals surface area contributed by atoms with E-state index in [2.05, 4.69) is 17.4 Å². The van der Waals surface area contributed by atoms with Crippen molar-refractivity contribution >= 4 is 12.2 Å². The number of nitrogens with one attached hydrogen (secondary N) is 1. The summed E-state index contributed by atoms with van der Waals surface area (Å²) >= 11 is 0. The molecule has 1 aromatic rings. The van der Waals surface area contributed by atoms with E-state index in [1.54, 1.807) is 41.5 Å². The van der Waals surface area contributed by atoms with Crippen LogP contribution in [0.15, 0.2) is 30.3 Å². The molecule has 186 valence electrons. The fourth-order valence-corrected chi connectivity index (χ4v) is 3.74. The van der Waals surface area contributed by atoms with Crippen LogP contribution in [0.4, 0.5) is 9.59 Å². The second-order valence-corrected chi connectivity index (χ2v) is 11.4. The second kappa shape index (κ2) is 10.9. The molecule has 2 atom stereocenters. The van der Waals surface area contributed by atoms with E-state index in [-0.39, 0.29) is 12.1 Å². The Morgan fingerprint density at radius 3 is 2.00 bits per heavy atom. The summed E-state index contributed by atoms with van der Waals surface area (Å²) in [6.45, 7) is 15.8. The van der Waals surface area contributed by atoms with E-state index in [1.807, 2.05) is 32.0 Å². The van der Waals surface area contributed by atoms with Crippen LogP contribution in [-0.2, 0) is 20.8 Å². The summed E-state index contributed by atoms with van der Waals surface area (Å²) in [5.41, 5.74) is -1.06. The maximum atomic E-state index is 13.0. The van der Waals surface area contributed by atoms with Crippen molar-refractivity contribution in [3.63, 3.8) is 0 Å². The number of benzene rings is 1. The molecule has 0 bridgehead atoms. The van der Waals surface area contributed by atoms with Gasteiger partial charge in [0.1, 0.15) is 11.2 Å². The lowest BCUT2D eigenvalue weighted by Crippen LogP contribution is -2.54. The lowest BCUT2D eigenvalue weighted by molar-refractivity contribution is -0.0206. The van der Waals surface area contributed by atoms with Crippen LogP contribution in [0.25, 0.3) is 0 Å². The molecule has 0 spiro atoms. The fourth-order valence-electron chi connectivity index (χ4n) is 3.74. The molecule has 0 unspecified atom stereocenters. The van der Waals surface area contributed by atoms with Crippen LogP contribution in [0, 0.1) is 0 Å². The molecule has 1 fully saturated rings. The van der Waals surface area contributed by atoms with Gasteiger partial charge in [-0.3, -0.25) is 0 Å². The normalized spacial score (nSPS) is 19.3. The van der Waals surface area contributed by atoms with E-state index in [0.717, 1.165) is 29.8 Å². The van der Waals surface area contributed by atoms with Crippen LogP contribution in [-0.4, -0.2) is 52.5 Å². The highest BCUT2D eigenvalue weighted by atomic mass is 16.6. The number of amides is 2. The molecule has 1 aliphatic rings. The van der Waals surface area contributed by atoms with E-state index < -0.39 is 28.9 Å². The molecule has 0 aliphatic carbocycles. The standard InChI is InChI=1S/C26H42N2O5/c1-24(2,3)32-22(29)28(23(30)33-25(4,5)6)26(7,8)15-14-20-16-21(17-27-20)31-18-19-12-10-9-11-13-19/h9-13,20-21,27H,14-18H2,1-8H3/t20-,21-/m1/s1. The summed E-state index contributed by atoms with van der Waals surface area (Å²) in [6.07, 6.45) is 1.05. The number of carbonyl (C=O) groups excluding carboxylic acids is 2. The van der Waals surface area contributed by atoms with Gasteiger partial charge in [-0.25, -0.2) is 14.5 Å². The van der Waals surface area contributed by atoms with Crippen molar-refractivity contribution in [2.75, 3.05) is 6.54 Å². The highest BCUT2D eigenvalue weighted by molar-refractivity contribution is 5.89. The van der Waals surface area contributed by atoms with Crippen molar-refractivity contribution < 1.29 is 23.8 Å². The summed E-state index contributed by atoms with van der Waals surface area (Å²) < 4.78 is 17.1. The minimum absolute atomic E-state index is 0.145. The lowest BCUT2D eigenvalue weighted by atomic mass is 9.93. The Balaban J connectivity index is 1.97. The zero-order valence-corrected chi connectivity index (χ0v) is 21.6. The topological polar surface area (TPSA) is 77.1 Å². The van der Waals surface area contributed by atoms with Gasteiger partial charge in [0, 0.05) is 12.6 Å². The number of rotatable bonds is 7. The zero-order chi connectivity index (χ0) is 24.9. The summed E-state index contributed by atoms with van der Waals surface area (Å²) in [6, 6.07) is 10.4. The van der Waals surface area contributed by atoms with Gasteiger partial charge in [-0.05, 0) is 80.2 Å². The van der Waals surface area contributed by atoms with Gasteiger partial charge in [-0.1, -0.05) is 30.3 Å². The molecule has 1 N–H and O–H groups in total. The summed E-state index contributed by atoms with van der Waals surface area (Å²) in [7, 11) is 0. The van der Waals surface area contributed by atoms with Crippen molar-refractivity contribution in [2.24, 2.45) is 0 Å². The Bertz CT molecular complexity index is 752. The molecule has 7 heteroatoms. The van der Waals surface area contributed by atoms with Gasteiger partial charge in [0.2, 0.25) is 0 Å². The number of imide groups is 1. The molecule has 2 amide bonds. The molecular formula is C26H42N2O5.